The van der Waals surface area contributed by atoms with E-state index in [9.17, 15) is 9.90 Å². The molecule has 1 amide bonds. The van der Waals surface area contributed by atoms with Crippen LogP contribution in [0.2, 0.25) is 0 Å². The van der Waals surface area contributed by atoms with E-state index in [-0.39, 0.29) is 18.7 Å². The largest absolute Gasteiger partial charge is 0.445 e. The van der Waals surface area contributed by atoms with E-state index in [1.54, 1.807) is 29.6 Å². The van der Waals surface area contributed by atoms with Gasteiger partial charge in [-0.1, -0.05) is 35.5 Å². The summed E-state index contributed by atoms with van der Waals surface area (Å²) in [6, 6.07) is 9.65. The molecule has 1 saturated heterocycles. The number of ether oxygens (including phenoxy) is 1. The van der Waals surface area contributed by atoms with Crippen molar-refractivity contribution in [1.29, 1.82) is 0 Å². The average molecular weight is 316 g/mol. The lowest BCUT2D eigenvalue weighted by molar-refractivity contribution is 0.0489. The summed E-state index contributed by atoms with van der Waals surface area (Å²) < 4.78 is 6.97. The van der Waals surface area contributed by atoms with Gasteiger partial charge in [0.25, 0.3) is 0 Å². The molecule has 1 aliphatic rings. The Labute approximate surface area is 134 Å². The van der Waals surface area contributed by atoms with Crippen molar-refractivity contribution < 1.29 is 14.6 Å². The quantitative estimate of drug-likeness (QED) is 0.928. The number of likely N-dealkylation sites (tertiary alicyclic amines) is 1. The SMILES string of the molecule is CC(C)(O)c1cn(C2CN(C(=O)OCc3ccccc3)C2)nn1. The minimum Gasteiger partial charge on any atom is -0.445 e. The number of nitrogens with zero attached hydrogens (tertiary/aromatic N) is 4. The highest BCUT2D eigenvalue weighted by atomic mass is 16.6. The molecule has 122 valence electrons. The first kappa shape index (κ1) is 15.5. The summed E-state index contributed by atoms with van der Waals surface area (Å²) in [4.78, 5) is 13.6. The summed E-state index contributed by atoms with van der Waals surface area (Å²) in [6.45, 7) is 4.66. The molecule has 0 atom stereocenters. The van der Waals surface area contributed by atoms with Crippen molar-refractivity contribution >= 4 is 6.09 Å². The molecule has 1 fully saturated rings. The molecule has 1 aromatic heterocycles. The van der Waals surface area contributed by atoms with E-state index in [4.69, 9.17) is 4.74 Å². The van der Waals surface area contributed by atoms with Crippen molar-refractivity contribution in [3.63, 3.8) is 0 Å². The molecule has 7 nitrogen and oxygen atoms in total. The second-order valence-corrected chi connectivity index (χ2v) is 6.24. The predicted octanol–water partition coefficient (Wildman–Crippen LogP) is 1.70. The van der Waals surface area contributed by atoms with Crippen LogP contribution in [0, 0.1) is 0 Å². The summed E-state index contributed by atoms with van der Waals surface area (Å²) in [5.74, 6) is 0. The smallest absolute Gasteiger partial charge is 0.410 e. The number of carbonyl (C=O) groups excluding carboxylic acids is 1. The first-order valence-corrected chi connectivity index (χ1v) is 7.54. The lowest BCUT2D eigenvalue weighted by Crippen LogP contribution is -2.51. The van der Waals surface area contributed by atoms with Crippen molar-refractivity contribution in [2.45, 2.75) is 32.1 Å². The third-order valence-electron chi connectivity index (χ3n) is 3.84. The summed E-state index contributed by atoms with van der Waals surface area (Å²) in [5.41, 5.74) is 0.461. The van der Waals surface area contributed by atoms with Gasteiger partial charge >= 0.3 is 6.09 Å². The van der Waals surface area contributed by atoms with Gasteiger partial charge in [-0.3, -0.25) is 0 Å². The van der Waals surface area contributed by atoms with Crippen molar-refractivity contribution in [3.05, 3.63) is 47.8 Å². The molecule has 0 aliphatic carbocycles. The maximum Gasteiger partial charge on any atom is 0.410 e. The van der Waals surface area contributed by atoms with Gasteiger partial charge in [-0.05, 0) is 19.4 Å². The Hall–Kier alpha value is -2.41. The van der Waals surface area contributed by atoms with Crippen LogP contribution in [0.3, 0.4) is 0 Å². The lowest BCUT2D eigenvalue weighted by atomic mass is 10.1. The van der Waals surface area contributed by atoms with Crippen LogP contribution >= 0.6 is 0 Å². The summed E-state index contributed by atoms with van der Waals surface area (Å²) in [7, 11) is 0. The maximum absolute atomic E-state index is 12.0. The molecule has 3 rings (SSSR count). The van der Waals surface area contributed by atoms with Gasteiger partial charge in [0.2, 0.25) is 0 Å². The van der Waals surface area contributed by atoms with Gasteiger partial charge in [-0.25, -0.2) is 9.48 Å². The molecule has 7 heteroatoms. The molecule has 2 aromatic rings. The number of aliphatic hydroxyl groups is 1. The van der Waals surface area contributed by atoms with Crippen molar-refractivity contribution in [3.8, 4) is 0 Å². The van der Waals surface area contributed by atoms with E-state index < -0.39 is 5.60 Å². The van der Waals surface area contributed by atoms with Crippen molar-refractivity contribution in [2.75, 3.05) is 13.1 Å². The van der Waals surface area contributed by atoms with Gasteiger partial charge in [-0.2, -0.15) is 0 Å². The number of carbonyl (C=O) groups is 1. The van der Waals surface area contributed by atoms with Gasteiger partial charge in [0.15, 0.2) is 0 Å². The fraction of sp³-hybridized carbons (Fsp3) is 0.438. The van der Waals surface area contributed by atoms with Crippen LogP contribution in [0.1, 0.15) is 31.1 Å². The fourth-order valence-corrected chi connectivity index (χ4v) is 2.32. The Bertz CT molecular complexity index is 672. The third-order valence-corrected chi connectivity index (χ3v) is 3.84. The minimum absolute atomic E-state index is 0.0721. The van der Waals surface area contributed by atoms with E-state index in [0.29, 0.717) is 18.8 Å². The van der Waals surface area contributed by atoms with Crippen LogP contribution < -0.4 is 0 Å². The molecule has 0 radical (unpaired) electrons. The summed E-state index contributed by atoms with van der Waals surface area (Å²) in [6.07, 6.45) is 1.39. The molecule has 1 aliphatic heterocycles. The maximum atomic E-state index is 12.0. The van der Waals surface area contributed by atoms with Crippen LogP contribution in [-0.2, 0) is 16.9 Å². The molecule has 0 spiro atoms. The highest BCUT2D eigenvalue weighted by Gasteiger charge is 2.34. The van der Waals surface area contributed by atoms with E-state index in [2.05, 4.69) is 10.3 Å². The second kappa shape index (κ2) is 6.00. The highest BCUT2D eigenvalue weighted by molar-refractivity contribution is 5.68. The number of hydrogen-bond acceptors (Lipinski definition) is 5. The van der Waals surface area contributed by atoms with Gasteiger partial charge in [0.1, 0.15) is 17.9 Å². The molecular formula is C16H20N4O3. The molecule has 0 unspecified atom stereocenters. The second-order valence-electron chi connectivity index (χ2n) is 6.24. The number of amides is 1. The number of hydrogen-bond donors (Lipinski definition) is 1. The van der Waals surface area contributed by atoms with E-state index in [1.165, 1.54) is 0 Å². The van der Waals surface area contributed by atoms with Gasteiger partial charge in [0, 0.05) is 13.1 Å². The Kier molecular flexibility index (Phi) is 4.04. The normalized spacial score (nSPS) is 15.3. The van der Waals surface area contributed by atoms with Crippen molar-refractivity contribution in [1.82, 2.24) is 19.9 Å². The third kappa shape index (κ3) is 3.50. The monoisotopic (exact) mass is 316 g/mol. The molecule has 23 heavy (non-hydrogen) atoms. The van der Waals surface area contributed by atoms with Crippen LogP contribution in [-0.4, -0.2) is 44.2 Å². The Morgan fingerprint density at radius 1 is 1.35 bits per heavy atom. The molecule has 1 N–H and O–H groups in total. The van der Waals surface area contributed by atoms with E-state index >= 15 is 0 Å². The summed E-state index contributed by atoms with van der Waals surface area (Å²) >= 11 is 0. The Morgan fingerprint density at radius 2 is 2.04 bits per heavy atom. The van der Waals surface area contributed by atoms with Crippen LogP contribution in [0.25, 0.3) is 0 Å². The van der Waals surface area contributed by atoms with Crippen LogP contribution in [0.5, 0.6) is 0 Å². The topological polar surface area (TPSA) is 80.5 Å². The average Bonchev–Trinajstić information content (AvgIpc) is 2.94. The number of benzene rings is 1. The first-order valence-electron chi connectivity index (χ1n) is 7.54. The molecule has 0 saturated carbocycles. The number of rotatable bonds is 4. The molecule has 1 aromatic carbocycles. The highest BCUT2D eigenvalue weighted by Crippen LogP contribution is 2.23. The number of aromatic nitrogens is 3. The zero-order valence-corrected chi connectivity index (χ0v) is 13.2. The Balaban J connectivity index is 1.49. The molecular weight excluding hydrogens is 296 g/mol. The molecule has 2 heterocycles. The van der Waals surface area contributed by atoms with Crippen molar-refractivity contribution in [2.24, 2.45) is 0 Å². The van der Waals surface area contributed by atoms with E-state index in [0.717, 1.165) is 5.56 Å². The first-order chi connectivity index (χ1) is 10.9. The minimum atomic E-state index is -1.02. The summed E-state index contributed by atoms with van der Waals surface area (Å²) in [5, 5.41) is 17.9. The van der Waals surface area contributed by atoms with E-state index in [1.807, 2.05) is 30.3 Å². The zero-order chi connectivity index (χ0) is 16.4. The fourth-order valence-electron chi connectivity index (χ4n) is 2.32. The van der Waals surface area contributed by atoms with Gasteiger partial charge in [0.05, 0.1) is 12.2 Å². The zero-order valence-electron chi connectivity index (χ0n) is 13.2. The molecule has 0 bridgehead atoms. The van der Waals surface area contributed by atoms with Gasteiger partial charge in [-0.15, -0.1) is 5.10 Å². The lowest BCUT2D eigenvalue weighted by Gasteiger charge is -2.37. The van der Waals surface area contributed by atoms with Gasteiger partial charge < -0.3 is 14.7 Å². The van der Waals surface area contributed by atoms with Crippen LogP contribution in [0.15, 0.2) is 36.5 Å². The Morgan fingerprint density at radius 3 is 2.65 bits per heavy atom. The van der Waals surface area contributed by atoms with Crippen LogP contribution in [0.4, 0.5) is 4.79 Å². The standard InChI is InChI=1S/C16H20N4O3/c1-16(2,22)14-10-20(18-17-14)13-8-19(9-13)15(21)23-11-12-6-4-3-5-7-12/h3-7,10,13,22H,8-9,11H2,1-2H3. The predicted molar refractivity (Wildman–Crippen MR) is 82.5 cm³/mol.